The first-order valence-electron chi connectivity index (χ1n) is 18.8. The number of carboxylic acid groups (broad SMARTS) is 1. The number of carboxylic acids is 1. The molecule has 0 spiro atoms. The third-order valence-electron chi connectivity index (χ3n) is 11.2. The van der Waals surface area contributed by atoms with Crippen molar-refractivity contribution >= 4 is 50.6 Å². The highest BCUT2D eigenvalue weighted by molar-refractivity contribution is 6.19. The Morgan fingerprint density at radius 2 is 1.52 bits per heavy atom. The summed E-state index contributed by atoms with van der Waals surface area (Å²) in [4.78, 5) is 25.7. The molecule has 268 valence electrons. The van der Waals surface area contributed by atoms with Crippen LogP contribution in [0.25, 0.3) is 44.3 Å². The first-order chi connectivity index (χ1) is 25.9. The van der Waals surface area contributed by atoms with Gasteiger partial charge in [-0.25, -0.2) is 4.79 Å². The van der Waals surface area contributed by atoms with Gasteiger partial charge in [-0.3, -0.25) is 4.79 Å². The van der Waals surface area contributed by atoms with E-state index in [-0.39, 0.29) is 22.2 Å². The zero-order chi connectivity index (χ0) is 37.8. The summed E-state index contributed by atoms with van der Waals surface area (Å²) in [5, 5.41) is 17.5. The van der Waals surface area contributed by atoms with Crippen LogP contribution in [0.3, 0.4) is 0 Å². The number of rotatable bonds is 8. The molecule has 2 aliphatic carbocycles. The van der Waals surface area contributed by atoms with Crippen LogP contribution in [-0.2, 0) is 12.0 Å². The Bertz CT molecular complexity index is 2580. The molecule has 0 saturated carbocycles. The maximum Gasteiger partial charge on any atom is 0.335 e. The van der Waals surface area contributed by atoms with E-state index in [2.05, 4.69) is 113 Å². The number of anilines is 1. The number of hydrogen-bond acceptors (Lipinski definition) is 3. The average Bonchev–Trinajstić information content (AvgIpc) is 3.15. The van der Waals surface area contributed by atoms with Gasteiger partial charge < -0.3 is 10.4 Å². The van der Waals surface area contributed by atoms with Crippen molar-refractivity contribution in [2.24, 2.45) is 5.41 Å². The number of aromatic carboxylic acids is 1. The van der Waals surface area contributed by atoms with Gasteiger partial charge in [-0.2, -0.15) is 0 Å². The van der Waals surface area contributed by atoms with Crippen molar-refractivity contribution in [3.63, 3.8) is 0 Å². The van der Waals surface area contributed by atoms with Crippen LogP contribution < -0.4 is 5.32 Å². The Kier molecular flexibility index (Phi) is 8.73. The van der Waals surface area contributed by atoms with Gasteiger partial charge in [0.25, 0.3) is 0 Å². The second kappa shape index (κ2) is 13.4. The molecule has 2 N–H and O–H groups in total. The fourth-order valence-corrected chi connectivity index (χ4v) is 8.55. The van der Waals surface area contributed by atoms with Crippen molar-refractivity contribution in [3.05, 3.63) is 172 Å². The van der Waals surface area contributed by atoms with E-state index in [4.69, 9.17) is 0 Å². The Morgan fingerprint density at radius 1 is 0.796 bits per heavy atom. The molecule has 0 aromatic heterocycles. The predicted molar refractivity (Wildman–Crippen MR) is 224 cm³/mol. The number of benzene rings is 6. The van der Waals surface area contributed by atoms with Crippen LogP contribution >= 0.6 is 0 Å². The van der Waals surface area contributed by atoms with Crippen molar-refractivity contribution < 1.29 is 14.7 Å². The van der Waals surface area contributed by atoms with E-state index in [1.165, 1.54) is 38.8 Å². The number of allylic oxidation sites excluding steroid dienone is 5. The van der Waals surface area contributed by atoms with E-state index >= 15 is 0 Å². The molecular weight excluding hydrogens is 663 g/mol. The lowest BCUT2D eigenvalue weighted by Gasteiger charge is -2.40. The zero-order valence-corrected chi connectivity index (χ0v) is 31.6. The second-order valence-electron chi connectivity index (χ2n) is 16.4. The van der Waals surface area contributed by atoms with Crippen molar-refractivity contribution in [2.45, 2.75) is 59.4 Å². The fraction of sp³-hybridized carbons (Fsp3) is 0.200. The van der Waals surface area contributed by atoms with Gasteiger partial charge in [-0.1, -0.05) is 142 Å². The number of carbonyl (C=O) groups excluding carboxylic acids is 1. The number of hydrogen-bond donors (Lipinski definition) is 2. The minimum absolute atomic E-state index is 0.0890. The van der Waals surface area contributed by atoms with Crippen LogP contribution in [0.2, 0.25) is 0 Å². The highest BCUT2D eigenvalue weighted by atomic mass is 16.4. The van der Waals surface area contributed by atoms with Gasteiger partial charge in [0, 0.05) is 23.2 Å². The second-order valence-corrected chi connectivity index (χ2v) is 16.4. The number of fused-ring (bicyclic) bond motifs is 5. The van der Waals surface area contributed by atoms with E-state index in [0.717, 1.165) is 51.4 Å². The molecule has 0 atom stereocenters. The largest absolute Gasteiger partial charge is 0.478 e. The summed E-state index contributed by atoms with van der Waals surface area (Å²) in [7, 11) is 0. The first-order valence-corrected chi connectivity index (χ1v) is 18.8. The van der Waals surface area contributed by atoms with Gasteiger partial charge >= 0.3 is 5.97 Å². The number of nitrogens with one attached hydrogen (secondary N) is 1. The summed E-state index contributed by atoms with van der Waals surface area (Å²) in [6, 6.07) is 36.5. The average molecular weight is 708 g/mol. The lowest BCUT2D eigenvalue weighted by Crippen LogP contribution is -2.28. The lowest BCUT2D eigenvalue weighted by atomic mass is 9.64. The summed E-state index contributed by atoms with van der Waals surface area (Å²) in [5.74, 6) is -1.10. The topological polar surface area (TPSA) is 66.4 Å². The third-order valence-corrected chi connectivity index (χ3v) is 11.2. The quantitative estimate of drug-likeness (QED) is 0.122. The van der Waals surface area contributed by atoms with E-state index in [1.807, 2.05) is 24.3 Å². The summed E-state index contributed by atoms with van der Waals surface area (Å²) >= 11 is 0. The molecule has 0 fully saturated rings. The Hall–Kier alpha value is -6.00. The van der Waals surface area contributed by atoms with Crippen molar-refractivity contribution in [2.75, 3.05) is 5.32 Å². The van der Waals surface area contributed by atoms with Crippen LogP contribution in [-0.4, -0.2) is 16.9 Å². The molecule has 8 rings (SSSR count). The van der Waals surface area contributed by atoms with E-state index in [9.17, 15) is 14.7 Å². The molecule has 0 heterocycles. The van der Waals surface area contributed by atoms with Crippen LogP contribution in [0.1, 0.15) is 89.1 Å². The maximum absolute atomic E-state index is 14.3. The molecule has 54 heavy (non-hydrogen) atoms. The Balaban J connectivity index is 1.30. The summed E-state index contributed by atoms with van der Waals surface area (Å²) in [6.45, 7) is 12.2. The normalized spacial score (nSPS) is 15.7. The fourth-order valence-electron chi connectivity index (χ4n) is 8.55. The number of aryl methyl sites for hydroxylation is 1. The minimum atomic E-state index is -0.981. The van der Waals surface area contributed by atoms with Gasteiger partial charge in [-0.15, -0.1) is 0 Å². The van der Waals surface area contributed by atoms with Crippen molar-refractivity contribution in [1.82, 2.24) is 0 Å². The molecule has 0 radical (unpaired) electrons. The number of ketones is 1. The van der Waals surface area contributed by atoms with Gasteiger partial charge in [0.05, 0.1) is 5.56 Å². The van der Waals surface area contributed by atoms with Crippen molar-refractivity contribution in [1.29, 1.82) is 0 Å². The smallest absolute Gasteiger partial charge is 0.335 e. The van der Waals surface area contributed by atoms with E-state index in [1.54, 1.807) is 36.4 Å². The van der Waals surface area contributed by atoms with Gasteiger partial charge in [0.2, 0.25) is 0 Å². The Labute approximate surface area is 317 Å². The lowest BCUT2D eigenvalue weighted by molar-refractivity contribution is 0.0696. The molecule has 0 unspecified atom stereocenters. The molecule has 0 bridgehead atoms. The van der Waals surface area contributed by atoms with Gasteiger partial charge in [-0.05, 0) is 116 Å². The zero-order valence-electron chi connectivity index (χ0n) is 31.6. The van der Waals surface area contributed by atoms with Gasteiger partial charge in [0.15, 0.2) is 5.78 Å². The third kappa shape index (κ3) is 6.58. The predicted octanol–water partition coefficient (Wildman–Crippen LogP) is 12.6. The molecule has 4 heteroatoms. The molecule has 0 amide bonds. The monoisotopic (exact) mass is 707 g/mol. The molecular formula is C50H45NO3. The van der Waals surface area contributed by atoms with Crippen LogP contribution in [0, 0.1) is 12.3 Å². The molecule has 6 aromatic rings. The van der Waals surface area contributed by atoms with Crippen molar-refractivity contribution in [3.8, 4) is 11.1 Å². The minimum Gasteiger partial charge on any atom is -0.478 e. The Morgan fingerprint density at radius 3 is 2.28 bits per heavy atom. The molecule has 0 saturated heterocycles. The highest BCUT2D eigenvalue weighted by Crippen LogP contribution is 2.52. The van der Waals surface area contributed by atoms with E-state index in [0.29, 0.717) is 12.1 Å². The summed E-state index contributed by atoms with van der Waals surface area (Å²) < 4.78 is 0. The van der Waals surface area contributed by atoms with Crippen LogP contribution in [0.4, 0.5) is 5.69 Å². The molecule has 2 aliphatic rings. The molecule has 4 nitrogen and oxygen atoms in total. The first kappa shape index (κ1) is 35.1. The van der Waals surface area contributed by atoms with Crippen LogP contribution in [0.5, 0.6) is 0 Å². The van der Waals surface area contributed by atoms with Gasteiger partial charge in [0.1, 0.15) is 0 Å². The van der Waals surface area contributed by atoms with Crippen LogP contribution in [0.15, 0.2) is 133 Å². The maximum atomic E-state index is 14.3. The summed E-state index contributed by atoms with van der Waals surface area (Å²) in [6.07, 6.45) is 10.2. The highest BCUT2D eigenvalue weighted by Gasteiger charge is 2.37. The standard InChI is InChI=1S/C50H45NO3/c1-31-10-12-33(13-11-31)30-51-43-27-37(26-36-20-22-42-39-24-25-49(2,3)28-38(39)29-50(4,5)47(42)45(36)43)41-21-19-34-8-6-7-9-40(34)46(41)44(52)23-16-32-14-17-35(18-15-32)48(53)54/h6-27,51H,28-30H2,1-5H3,(H,53,54). The molecule has 6 aromatic carbocycles. The molecule has 0 aliphatic heterocycles. The van der Waals surface area contributed by atoms with E-state index < -0.39 is 5.97 Å². The summed E-state index contributed by atoms with van der Waals surface area (Å²) in [5.41, 5.74) is 12.6. The number of carbonyl (C=O) groups is 2. The SMILES string of the molecule is Cc1ccc(CNc2cc(-c3ccc4ccccc4c3C(=O)C=Cc3ccc(C(=O)O)cc3)cc3ccc4c(c23)C(C)(C)CC2=C4C=CC(C)(C)C2)cc1.